The fourth-order valence-corrected chi connectivity index (χ4v) is 5.95. The second-order valence-corrected chi connectivity index (χ2v) is 11.8. The van der Waals surface area contributed by atoms with E-state index in [0.29, 0.717) is 0 Å². The summed E-state index contributed by atoms with van der Waals surface area (Å²) in [6, 6.07) is -1.20. The number of anilines is 1. The number of thiazole rings is 1. The minimum Gasteiger partial charge on any atom is -0.504 e. The molecule has 1 fully saturated rings. The molecule has 0 radical (unpaired) electrons. The van der Waals surface area contributed by atoms with Gasteiger partial charge < -0.3 is 46.8 Å². The number of nitrogens with one attached hydrogen (secondary N) is 2. The van der Waals surface area contributed by atoms with Crippen molar-refractivity contribution >= 4 is 69.3 Å². The second-order valence-electron chi connectivity index (χ2n) is 9.85. The molecule has 0 saturated carbocycles. The van der Waals surface area contributed by atoms with Crippen molar-refractivity contribution in [2.24, 2.45) is 10.3 Å². The van der Waals surface area contributed by atoms with Crippen LogP contribution in [0.25, 0.3) is 0 Å². The zero-order chi connectivity index (χ0) is 32.5. The van der Waals surface area contributed by atoms with Gasteiger partial charge in [0.2, 0.25) is 11.5 Å². The Balaban J connectivity index is 1.49. The third-order valence-corrected chi connectivity index (χ3v) is 8.47. The van der Waals surface area contributed by atoms with Gasteiger partial charge in [0.25, 0.3) is 11.8 Å². The van der Waals surface area contributed by atoms with Crippen LogP contribution in [0.3, 0.4) is 0 Å². The lowest BCUT2D eigenvalue weighted by molar-refractivity contribution is -0.161. The number of thioether (sulfide) groups is 1. The molecular formula is C24H25N7O11S2. The number of carbonyl (C=O) groups excluding carboxylic acids is 3. The average molecular weight is 652 g/mol. The molecule has 3 heterocycles. The van der Waals surface area contributed by atoms with Crippen LogP contribution in [0.2, 0.25) is 0 Å². The maximum absolute atomic E-state index is 13.2. The molecule has 1 aromatic heterocycles. The smallest absolute Gasteiger partial charge is 0.352 e. The molecule has 1 aliphatic carbocycles. The maximum Gasteiger partial charge on any atom is 0.352 e. The zero-order valence-electron chi connectivity index (χ0n) is 22.8. The molecule has 0 bridgehead atoms. The lowest BCUT2D eigenvalue weighted by atomic mass is 9.99. The van der Waals surface area contributed by atoms with Crippen molar-refractivity contribution in [3.8, 4) is 0 Å². The van der Waals surface area contributed by atoms with Gasteiger partial charge in [-0.3, -0.25) is 19.3 Å². The molecule has 0 spiro atoms. The molecule has 20 heteroatoms. The quantitative estimate of drug-likeness (QED) is 0.0695. The molecule has 44 heavy (non-hydrogen) atoms. The van der Waals surface area contributed by atoms with Crippen molar-refractivity contribution in [2.45, 2.75) is 37.3 Å². The molecule has 1 saturated heterocycles. The lowest BCUT2D eigenvalue weighted by Crippen LogP contribution is -2.71. The number of aromatic nitrogens is 1. The summed E-state index contributed by atoms with van der Waals surface area (Å²) in [5, 5.41) is 59.7. The number of nitrogen functional groups attached to an aromatic ring is 1. The van der Waals surface area contributed by atoms with E-state index < -0.39 is 69.6 Å². The van der Waals surface area contributed by atoms with E-state index in [9.17, 15) is 44.4 Å². The first-order chi connectivity index (χ1) is 20.7. The van der Waals surface area contributed by atoms with Gasteiger partial charge in [-0.05, 0) is 25.5 Å². The molecule has 4 rings (SSSR count). The van der Waals surface area contributed by atoms with Gasteiger partial charge in [0.15, 0.2) is 22.4 Å². The zero-order valence-corrected chi connectivity index (χ0v) is 24.4. The van der Waals surface area contributed by atoms with Crippen molar-refractivity contribution in [2.75, 3.05) is 18.0 Å². The number of nitrogens with two attached hydrogens (primary N) is 1. The summed E-state index contributed by atoms with van der Waals surface area (Å²) >= 11 is 2.08. The molecule has 0 aromatic carbocycles. The number of oxime groups is 2. The minimum atomic E-state index is -1.82. The maximum atomic E-state index is 13.2. The van der Waals surface area contributed by atoms with Gasteiger partial charge >= 0.3 is 11.9 Å². The fraction of sp³-hybridized carbons (Fsp3) is 0.333. The number of aliphatic carboxylic acids is 2. The summed E-state index contributed by atoms with van der Waals surface area (Å²) in [7, 11) is 0. The molecule has 9 N–H and O–H groups in total. The monoisotopic (exact) mass is 651 g/mol. The number of aliphatic hydroxyl groups is 2. The SMILES string of the molecule is CC(C)(O/N=C(\C(=O)NC1C(=O)N2C(C(=O)O)=C(CNC(=O)C3=CC(O)=C(O)C(=NO)C3)CS[C@@H]12)c1csc(N)n1)C(=O)O. The van der Waals surface area contributed by atoms with E-state index in [-0.39, 0.29) is 46.4 Å². The highest BCUT2D eigenvalue weighted by atomic mass is 32.2. The lowest BCUT2D eigenvalue weighted by Gasteiger charge is -2.49. The molecule has 2 aliphatic heterocycles. The van der Waals surface area contributed by atoms with Crippen LogP contribution in [-0.2, 0) is 28.8 Å². The van der Waals surface area contributed by atoms with Crippen LogP contribution >= 0.6 is 23.1 Å². The van der Waals surface area contributed by atoms with E-state index in [1.54, 1.807) is 0 Å². The molecule has 3 aliphatic rings. The van der Waals surface area contributed by atoms with Crippen LogP contribution in [0, 0.1) is 0 Å². The van der Waals surface area contributed by atoms with E-state index in [4.69, 9.17) is 15.8 Å². The first kappa shape index (κ1) is 31.8. The Morgan fingerprint density at radius 2 is 1.95 bits per heavy atom. The number of aliphatic hydroxyl groups excluding tert-OH is 2. The van der Waals surface area contributed by atoms with Gasteiger partial charge in [-0.1, -0.05) is 10.3 Å². The molecule has 1 unspecified atom stereocenters. The summed E-state index contributed by atoms with van der Waals surface area (Å²) in [6.45, 7) is 2.10. The minimum absolute atomic E-state index is 0.0382. The summed E-state index contributed by atoms with van der Waals surface area (Å²) in [6.07, 6.45) is 0.651. The number of hydrogen-bond acceptors (Lipinski definition) is 15. The van der Waals surface area contributed by atoms with Gasteiger partial charge in [-0.25, -0.2) is 14.6 Å². The number of carboxylic acids is 2. The third-order valence-electron chi connectivity index (χ3n) is 6.46. The van der Waals surface area contributed by atoms with Crippen molar-refractivity contribution in [3.63, 3.8) is 0 Å². The summed E-state index contributed by atoms with van der Waals surface area (Å²) in [5.74, 6) is -6.66. The van der Waals surface area contributed by atoms with E-state index in [2.05, 4.69) is 25.9 Å². The Kier molecular flexibility index (Phi) is 8.86. The van der Waals surface area contributed by atoms with Crippen molar-refractivity contribution in [1.29, 1.82) is 0 Å². The van der Waals surface area contributed by atoms with Crippen LogP contribution in [-0.4, -0.2) is 106 Å². The normalized spacial score (nSPS) is 21.4. The number of β-lactam (4-membered cyclic amide) rings is 1. The first-order valence-electron chi connectivity index (χ1n) is 12.4. The highest BCUT2D eigenvalue weighted by Crippen LogP contribution is 2.40. The number of amides is 3. The van der Waals surface area contributed by atoms with E-state index in [0.717, 1.165) is 34.1 Å². The Bertz CT molecular complexity index is 1610. The highest BCUT2D eigenvalue weighted by molar-refractivity contribution is 8.00. The molecule has 3 amide bonds. The number of fused-ring (bicyclic) bond motifs is 1. The Morgan fingerprint density at radius 1 is 1.25 bits per heavy atom. The number of carboxylic acid groups (broad SMARTS) is 2. The van der Waals surface area contributed by atoms with Crippen LogP contribution in [0.5, 0.6) is 0 Å². The largest absolute Gasteiger partial charge is 0.504 e. The summed E-state index contributed by atoms with van der Waals surface area (Å²) < 4.78 is 0. The first-order valence-corrected chi connectivity index (χ1v) is 14.3. The number of allylic oxidation sites excluding steroid dienone is 2. The molecule has 2 atom stereocenters. The third kappa shape index (κ3) is 6.15. The second kappa shape index (κ2) is 12.2. The number of hydrogen-bond donors (Lipinski definition) is 8. The van der Waals surface area contributed by atoms with E-state index >= 15 is 0 Å². The van der Waals surface area contributed by atoms with Crippen molar-refractivity contribution in [3.05, 3.63) is 45.5 Å². The number of carbonyl (C=O) groups is 5. The van der Waals surface area contributed by atoms with Gasteiger partial charge in [-0.15, -0.1) is 23.1 Å². The number of rotatable bonds is 10. The Hall–Kier alpha value is -5.11. The molecular weight excluding hydrogens is 626 g/mol. The Labute approximate surface area is 255 Å². The van der Waals surface area contributed by atoms with Crippen molar-refractivity contribution in [1.82, 2.24) is 20.5 Å². The standard InChI is InChI=1S/C24H25N7O11S2/c1-24(2,22(39)40)42-30-13(11-7-44-23(25)27-11)18(35)28-14-19(36)31-15(21(37)38)9(6-43-20(14)31)5-26-17(34)8-3-10(29-41)16(33)12(32)4-8/h4,7,14,20,32-33,41H,3,5-6H2,1-2H3,(H2,25,27)(H,26,34)(H,28,35)(H,37,38)(H,39,40)/b29-10?,30-13-/t14?,20-/m0/s1. The highest BCUT2D eigenvalue weighted by Gasteiger charge is 2.54. The van der Waals surface area contributed by atoms with Gasteiger partial charge in [-0.2, -0.15) is 0 Å². The van der Waals surface area contributed by atoms with Gasteiger partial charge in [0.1, 0.15) is 28.5 Å². The van der Waals surface area contributed by atoms with Crippen LogP contribution < -0.4 is 16.4 Å². The average Bonchev–Trinajstić information content (AvgIpc) is 3.40. The van der Waals surface area contributed by atoms with Crippen LogP contribution in [0.4, 0.5) is 5.13 Å². The van der Waals surface area contributed by atoms with Crippen LogP contribution in [0.1, 0.15) is 26.0 Å². The molecule has 234 valence electrons. The van der Waals surface area contributed by atoms with Crippen LogP contribution in [0.15, 0.2) is 50.1 Å². The van der Waals surface area contributed by atoms with E-state index in [1.807, 2.05) is 0 Å². The Morgan fingerprint density at radius 3 is 2.55 bits per heavy atom. The predicted molar refractivity (Wildman–Crippen MR) is 153 cm³/mol. The fourth-order valence-electron chi connectivity index (χ4n) is 4.05. The molecule has 1 aromatic rings. The molecule has 18 nitrogen and oxygen atoms in total. The summed E-state index contributed by atoms with van der Waals surface area (Å²) in [5.41, 5.74) is 2.68. The predicted octanol–water partition coefficient (Wildman–Crippen LogP) is -0.348. The van der Waals surface area contributed by atoms with Crippen molar-refractivity contribution < 1.29 is 54.4 Å². The van der Waals surface area contributed by atoms with Gasteiger partial charge in [0, 0.05) is 29.7 Å². The topological polar surface area (TPSA) is 287 Å². The summed E-state index contributed by atoms with van der Waals surface area (Å²) in [4.78, 5) is 72.5. The van der Waals surface area contributed by atoms with Gasteiger partial charge in [0.05, 0.1) is 0 Å². The number of nitrogens with zero attached hydrogens (tertiary/aromatic N) is 4. The van der Waals surface area contributed by atoms with E-state index in [1.165, 1.54) is 19.2 Å².